The first kappa shape index (κ1) is 16.5. The van der Waals surface area contributed by atoms with Gasteiger partial charge >= 0.3 is 0 Å². The first-order chi connectivity index (χ1) is 11.6. The molecule has 1 aliphatic rings. The molecule has 0 saturated carbocycles. The number of halogens is 1. The molecule has 5 nitrogen and oxygen atoms in total. The number of nitrogens with one attached hydrogen (secondary N) is 1. The van der Waals surface area contributed by atoms with E-state index in [0.29, 0.717) is 18.3 Å². The van der Waals surface area contributed by atoms with E-state index in [0.717, 1.165) is 31.5 Å². The van der Waals surface area contributed by atoms with Crippen LogP contribution >= 0.6 is 0 Å². The van der Waals surface area contributed by atoms with Crippen molar-refractivity contribution in [3.05, 3.63) is 53.7 Å². The van der Waals surface area contributed by atoms with Crippen molar-refractivity contribution in [1.82, 2.24) is 14.9 Å². The summed E-state index contributed by atoms with van der Waals surface area (Å²) in [6.45, 7) is 4.02. The van der Waals surface area contributed by atoms with E-state index in [1.54, 1.807) is 18.5 Å². The van der Waals surface area contributed by atoms with E-state index in [1.165, 1.54) is 17.8 Å². The minimum atomic E-state index is -0.186. The average molecular weight is 328 g/mol. The first-order valence-corrected chi connectivity index (χ1v) is 8.16. The van der Waals surface area contributed by atoms with Crippen LogP contribution in [-0.2, 0) is 4.79 Å². The normalized spacial score (nSPS) is 16.1. The van der Waals surface area contributed by atoms with Gasteiger partial charge in [0, 0.05) is 12.4 Å². The maximum absolute atomic E-state index is 13.2. The van der Waals surface area contributed by atoms with Crippen LogP contribution < -0.4 is 5.32 Å². The molecule has 1 fully saturated rings. The summed E-state index contributed by atoms with van der Waals surface area (Å²) in [7, 11) is 0. The predicted octanol–water partition coefficient (Wildman–Crippen LogP) is 2.74. The molecule has 1 N–H and O–H groups in total. The van der Waals surface area contributed by atoms with Crippen molar-refractivity contribution in [3.8, 4) is 0 Å². The van der Waals surface area contributed by atoms with Gasteiger partial charge in [-0.15, -0.1) is 0 Å². The van der Waals surface area contributed by atoms with Gasteiger partial charge in [0.25, 0.3) is 0 Å². The van der Waals surface area contributed by atoms with Crippen molar-refractivity contribution in [2.75, 3.05) is 25.0 Å². The van der Waals surface area contributed by atoms with E-state index in [9.17, 15) is 9.18 Å². The van der Waals surface area contributed by atoms with Gasteiger partial charge in [0.15, 0.2) is 5.82 Å². The number of likely N-dealkylation sites (tertiary alicyclic amines) is 1. The summed E-state index contributed by atoms with van der Waals surface area (Å²) in [6.07, 6.45) is 6.60. The molecule has 1 aromatic heterocycles. The number of aromatic nitrogens is 2. The van der Waals surface area contributed by atoms with Gasteiger partial charge < -0.3 is 5.32 Å². The number of amides is 1. The summed E-state index contributed by atoms with van der Waals surface area (Å²) in [4.78, 5) is 22.2. The molecule has 24 heavy (non-hydrogen) atoms. The maximum atomic E-state index is 13.2. The van der Waals surface area contributed by atoms with E-state index in [4.69, 9.17) is 0 Å². The van der Waals surface area contributed by atoms with Crippen molar-refractivity contribution < 1.29 is 9.18 Å². The Labute approximate surface area is 140 Å². The highest BCUT2D eigenvalue weighted by atomic mass is 19.1. The maximum Gasteiger partial charge on any atom is 0.239 e. The lowest BCUT2D eigenvalue weighted by molar-refractivity contribution is -0.117. The summed E-state index contributed by atoms with van der Waals surface area (Å²) >= 11 is 0. The molecule has 1 saturated heterocycles. The Morgan fingerprint density at radius 3 is 2.79 bits per heavy atom. The molecule has 126 valence electrons. The number of carbonyl (C=O) groups is 1. The Hall–Kier alpha value is -2.34. The summed E-state index contributed by atoms with van der Waals surface area (Å²) in [5, 5.41) is 2.75. The predicted molar refractivity (Wildman–Crippen MR) is 90.2 cm³/mol. The zero-order chi connectivity index (χ0) is 16.9. The van der Waals surface area contributed by atoms with Crippen LogP contribution in [0.4, 0.5) is 10.2 Å². The highest BCUT2D eigenvalue weighted by Crippen LogP contribution is 2.30. The Morgan fingerprint density at radius 2 is 2.12 bits per heavy atom. The van der Waals surface area contributed by atoms with Crippen molar-refractivity contribution in [2.45, 2.75) is 25.7 Å². The fourth-order valence-electron chi connectivity index (χ4n) is 3.25. The van der Waals surface area contributed by atoms with Crippen LogP contribution in [0.3, 0.4) is 0 Å². The van der Waals surface area contributed by atoms with Gasteiger partial charge in [0.2, 0.25) is 5.91 Å². The summed E-state index contributed by atoms with van der Waals surface area (Å²) in [5.41, 5.74) is 2.23. The smallest absolute Gasteiger partial charge is 0.239 e. The number of anilines is 1. The number of hydrogen-bond donors (Lipinski definition) is 1. The summed E-state index contributed by atoms with van der Waals surface area (Å²) < 4.78 is 13.2. The second-order valence-electron chi connectivity index (χ2n) is 6.19. The molecule has 2 heterocycles. The fraction of sp³-hybridized carbons (Fsp3) is 0.389. The molecule has 1 aromatic carbocycles. The molecular formula is C18H21FN4O. The van der Waals surface area contributed by atoms with Crippen LogP contribution in [0.2, 0.25) is 0 Å². The highest BCUT2D eigenvalue weighted by Gasteiger charge is 2.23. The van der Waals surface area contributed by atoms with E-state index in [2.05, 4.69) is 20.2 Å². The third kappa shape index (κ3) is 4.14. The van der Waals surface area contributed by atoms with Gasteiger partial charge in [0.1, 0.15) is 5.82 Å². The van der Waals surface area contributed by atoms with Gasteiger partial charge in [-0.2, -0.15) is 0 Å². The molecule has 0 radical (unpaired) electrons. The number of benzene rings is 1. The molecule has 3 rings (SSSR count). The monoisotopic (exact) mass is 328 g/mol. The summed E-state index contributed by atoms with van der Waals surface area (Å²) in [5.74, 6) is 0.644. The van der Waals surface area contributed by atoms with Gasteiger partial charge in [-0.05, 0) is 62.0 Å². The molecule has 1 amide bonds. The lowest BCUT2D eigenvalue weighted by Gasteiger charge is -2.32. The molecule has 0 aliphatic carbocycles. The van der Waals surface area contributed by atoms with Gasteiger partial charge in [-0.3, -0.25) is 14.7 Å². The fourth-order valence-corrected chi connectivity index (χ4v) is 3.25. The summed E-state index contributed by atoms with van der Waals surface area (Å²) in [6, 6.07) is 5.02. The average Bonchev–Trinajstić information content (AvgIpc) is 2.57. The highest BCUT2D eigenvalue weighted by molar-refractivity contribution is 5.91. The lowest BCUT2D eigenvalue weighted by Crippen LogP contribution is -2.38. The molecule has 1 aliphatic heterocycles. The molecule has 0 spiro atoms. The molecule has 0 unspecified atom stereocenters. The first-order valence-electron chi connectivity index (χ1n) is 8.16. The molecule has 6 heteroatoms. The van der Waals surface area contributed by atoms with E-state index >= 15 is 0 Å². The molecule has 0 bridgehead atoms. The SMILES string of the molecule is Cc1cc(F)ccc1C1CCN(CC(=O)Nc2cnccn2)CC1. The molecular weight excluding hydrogens is 307 g/mol. The number of aryl methyl sites for hydroxylation is 1. The largest absolute Gasteiger partial charge is 0.308 e. The van der Waals surface area contributed by atoms with Gasteiger partial charge in [0.05, 0.1) is 12.7 Å². The van der Waals surface area contributed by atoms with Crippen molar-refractivity contribution in [3.63, 3.8) is 0 Å². The van der Waals surface area contributed by atoms with Gasteiger partial charge in [-0.25, -0.2) is 9.37 Å². The van der Waals surface area contributed by atoms with Crippen molar-refractivity contribution in [2.24, 2.45) is 0 Å². The lowest BCUT2D eigenvalue weighted by atomic mass is 9.87. The standard InChI is InChI=1S/C18H21FN4O/c1-13-10-15(19)2-3-16(13)14-4-8-23(9-5-14)12-18(24)22-17-11-20-6-7-21-17/h2-3,6-7,10-11,14H,4-5,8-9,12H2,1H3,(H,21,22,24). The Bertz CT molecular complexity index is 699. The minimum absolute atomic E-state index is 0.0769. The number of carbonyl (C=O) groups excluding carboxylic acids is 1. The number of rotatable bonds is 4. The third-order valence-electron chi connectivity index (χ3n) is 4.46. The Kier molecular flexibility index (Phi) is 5.15. The molecule has 0 atom stereocenters. The van der Waals surface area contributed by atoms with Crippen LogP contribution in [0.15, 0.2) is 36.8 Å². The molecule has 2 aromatic rings. The zero-order valence-electron chi connectivity index (χ0n) is 13.7. The number of piperidine rings is 1. The second-order valence-corrected chi connectivity index (χ2v) is 6.19. The van der Waals surface area contributed by atoms with Gasteiger partial charge in [-0.1, -0.05) is 6.07 Å². The van der Waals surface area contributed by atoms with Crippen molar-refractivity contribution >= 4 is 11.7 Å². The van der Waals surface area contributed by atoms with E-state index < -0.39 is 0 Å². The van der Waals surface area contributed by atoms with Crippen LogP contribution in [0.1, 0.15) is 29.9 Å². The number of nitrogens with zero attached hydrogens (tertiary/aromatic N) is 3. The Balaban J connectivity index is 1.51. The van der Waals surface area contributed by atoms with E-state index in [-0.39, 0.29) is 11.7 Å². The number of hydrogen-bond acceptors (Lipinski definition) is 4. The minimum Gasteiger partial charge on any atom is -0.308 e. The third-order valence-corrected chi connectivity index (χ3v) is 4.46. The van der Waals surface area contributed by atoms with Crippen molar-refractivity contribution in [1.29, 1.82) is 0 Å². The van der Waals surface area contributed by atoms with Crippen LogP contribution in [-0.4, -0.2) is 40.4 Å². The Morgan fingerprint density at radius 1 is 1.33 bits per heavy atom. The van der Waals surface area contributed by atoms with Crippen LogP contribution in [0.5, 0.6) is 0 Å². The second kappa shape index (κ2) is 7.49. The van der Waals surface area contributed by atoms with E-state index in [1.807, 2.05) is 13.0 Å². The van der Waals surface area contributed by atoms with Crippen LogP contribution in [0, 0.1) is 12.7 Å². The quantitative estimate of drug-likeness (QED) is 0.937. The zero-order valence-corrected chi connectivity index (χ0v) is 13.7. The topological polar surface area (TPSA) is 58.1 Å². The van der Waals surface area contributed by atoms with Crippen LogP contribution in [0.25, 0.3) is 0 Å².